The van der Waals surface area contributed by atoms with Crippen molar-refractivity contribution in [2.45, 2.75) is 39.8 Å². The van der Waals surface area contributed by atoms with Crippen LogP contribution in [0.3, 0.4) is 0 Å². The molecule has 2 rings (SSSR count). The molecule has 0 saturated carbocycles. The number of aliphatic hydroxyl groups excluding tert-OH is 1. The predicted molar refractivity (Wildman–Crippen MR) is 85.4 cm³/mol. The zero-order valence-electron chi connectivity index (χ0n) is 13.3. The van der Waals surface area contributed by atoms with Crippen LogP contribution in [-0.2, 0) is 20.1 Å². The minimum atomic E-state index is -0.331. The molecule has 0 aliphatic heterocycles. The molecular weight excluding hydrogens is 286 g/mol. The van der Waals surface area contributed by atoms with Gasteiger partial charge in [0.2, 0.25) is 5.95 Å². The van der Waals surface area contributed by atoms with Crippen molar-refractivity contribution in [3.8, 4) is 0 Å². The van der Waals surface area contributed by atoms with Gasteiger partial charge in [-0.05, 0) is 13.3 Å². The number of anilines is 1. The van der Waals surface area contributed by atoms with E-state index in [9.17, 15) is 9.59 Å². The Kier molecular flexibility index (Phi) is 5.02. The lowest BCUT2D eigenvalue weighted by Crippen LogP contribution is -2.40. The summed E-state index contributed by atoms with van der Waals surface area (Å²) in [4.78, 5) is 29.4. The highest BCUT2D eigenvalue weighted by Crippen LogP contribution is 2.14. The van der Waals surface area contributed by atoms with E-state index in [1.807, 2.05) is 6.92 Å². The van der Waals surface area contributed by atoms with Crippen LogP contribution in [0.15, 0.2) is 9.59 Å². The highest BCUT2D eigenvalue weighted by molar-refractivity contribution is 5.74. The molecule has 0 saturated heterocycles. The second-order valence-electron chi connectivity index (χ2n) is 5.15. The molecule has 2 aromatic heterocycles. The number of aryl methyl sites for hydroxylation is 2. The van der Waals surface area contributed by atoms with Crippen molar-refractivity contribution in [1.29, 1.82) is 0 Å². The summed E-state index contributed by atoms with van der Waals surface area (Å²) in [6, 6.07) is 0. The standard InChI is InChI=1S/C14H23N5O3/c1-4-6-8-19-11-10(12(21)18(5-2)14(19)22)17(3)13(16-11)15-7-9-20/h20H,4-9H2,1-3H3,(H,15,16). The van der Waals surface area contributed by atoms with E-state index in [1.54, 1.807) is 23.1 Å². The van der Waals surface area contributed by atoms with Gasteiger partial charge in [0.15, 0.2) is 11.2 Å². The molecule has 8 nitrogen and oxygen atoms in total. The second-order valence-corrected chi connectivity index (χ2v) is 5.15. The summed E-state index contributed by atoms with van der Waals surface area (Å²) in [5.41, 5.74) is 0.150. The highest BCUT2D eigenvalue weighted by Gasteiger charge is 2.18. The van der Waals surface area contributed by atoms with E-state index in [0.717, 1.165) is 12.8 Å². The molecule has 0 spiro atoms. The lowest BCUT2D eigenvalue weighted by Gasteiger charge is -2.09. The fraction of sp³-hybridized carbons (Fsp3) is 0.643. The van der Waals surface area contributed by atoms with Gasteiger partial charge in [0.1, 0.15) is 0 Å². The van der Waals surface area contributed by atoms with Crippen LogP contribution in [-0.4, -0.2) is 36.9 Å². The van der Waals surface area contributed by atoms with Gasteiger partial charge in [0, 0.05) is 26.7 Å². The number of nitrogens with zero attached hydrogens (tertiary/aromatic N) is 4. The first-order valence-electron chi connectivity index (χ1n) is 7.61. The maximum atomic E-state index is 12.5. The zero-order valence-corrected chi connectivity index (χ0v) is 13.3. The molecule has 0 aromatic carbocycles. The normalized spacial score (nSPS) is 11.3. The molecule has 0 aliphatic carbocycles. The predicted octanol–water partition coefficient (Wildman–Crippen LogP) is 0.121. The summed E-state index contributed by atoms with van der Waals surface area (Å²) in [7, 11) is 1.73. The van der Waals surface area contributed by atoms with Crippen LogP contribution in [0.5, 0.6) is 0 Å². The third kappa shape index (κ3) is 2.66. The third-order valence-corrected chi connectivity index (χ3v) is 3.69. The largest absolute Gasteiger partial charge is 0.395 e. The summed E-state index contributed by atoms with van der Waals surface area (Å²) < 4.78 is 4.44. The van der Waals surface area contributed by atoms with E-state index in [4.69, 9.17) is 5.11 Å². The van der Waals surface area contributed by atoms with Crippen molar-refractivity contribution in [2.24, 2.45) is 7.05 Å². The van der Waals surface area contributed by atoms with Crippen molar-refractivity contribution in [3.05, 3.63) is 20.8 Å². The lowest BCUT2D eigenvalue weighted by atomic mass is 10.3. The maximum absolute atomic E-state index is 12.5. The molecule has 0 amide bonds. The molecule has 0 unspecified atom stereocenters. The van der Waals surface area contributed by atoms with Crippen molar-refractivity contribution >= 4 is 17.1 Å². The average Bonchev–Trinajstić information content (AvgIpc) is 2.82. The van der Waals surface area contributed by atoms with Gasteiger partial charge in [-0.3, -0.25) is 13.9 Å². The molecule has 8 heteroatoms. The fourth-order valence-corrected chi connectivity index (χ4v) is 2.48. The Labute approximate surface area is 128 Å². The maximum Gasteiger partial charge on any atom is 0.332 e. The van der Waals surface area contributed by atoms with Crippen molar-refractivity contribution < 1.29 is 5.11 Å². The van der Waals surface area contributed by atoms with E-state index in [1.165, 1.54) is 4.57 Å². The Bertz CT molecular complexity index is 771. The first kappa shape index (κ1) is 16.3. The fourth-order valence-electron chi connectivity index (χ4n) is 2.48. The lowest BCUT2D eigenvalue weighted by molar-refractivity contribution is 0.310. The van der Waals surface area contributed by atoms with E-state index < -0.39 is 0 Å². The number of rotatable bonds is 7. The molecule has 0 bridgehead atoms. The molecule has 0 atom stereocenters. The molecule has 2 N–H and O–H groups in total. The van der Waals surface area contributed by atoms with E-state index in [0.29, 0.717) is 36.7 Å². The zero-order chi connectivity index (χ0) is 16.3. The second kappa shape index (κ2) is 6.78. The summed E-state index contributed by atoms with van der Waals surface area (Å²) >= 11 is 0. The molecule has 22 heavy (non-hydrogen) atoms. The van der Waals surface area contributed by atoms with Crippen LogP contribution in [0.2, 0.25) is 0 Å². The van der Waals surface area contributed by atoms with E-state index in [-0.39, 0.29) is 17.9 Å². The summed E-state index contributed by atoms with van der Waals surface area (Å²) in [6.07, 6.45) is 1.79. The van der Waals surface area contributed by atoms with Gasteiger partial charge in [0.05, 0.1) is 6.61 Å². The number of nitrogens with one attached hydrogen (secondary N) is 1. The molecule has 0 radical (unpaired) electrons. The summed E-state index contributed by atoms with van der Waals surface area (Å²) in [6.45, 7) is 4.97. The van der Waals surface area contributed by atoms with Crippen molar-refractivity contribution in [2.75, 3.05) is 18.5 Å². The minimum absolute atomic E-state index is 0.0367. The van der Waals surface area contributed by atoms with Crippen LogP contribution in [0.4, 0.5) is 5.95 Å². The number of aromatic nitrogens is 4. The summed E-state index contributed by atoms with van der Waals surface area (Å²) in [5, 5.41) is 11.9. The van der Waals surface area contributed by atoms with Crippen molar-refractivity contribution in [3.63, 3.8) is 0 Å². The smallest absolute Gasteiger partial charge is 0.332 e. The highest BCUT2D eigenvalue weighted by atomic mass is 16.3. The number of fused-ring (bicyclic) bond motifs is 1. The van der Waals surface area contributed by atoms with Gasteiger partial charge in [0.25, 0.3) is 5.56 Å². The topological polar surface area (TPSA) is 94.1 Å². The third-order valence-electron chi connectivity index (χ3n) is 3.69. The first-order valence-corrected chi connectivity index (χ1v) is 7.61. The number of hydrogen-bond donors (Lipinski definition) is 2. The Hall–Kier alpha value is -2.09. The van der Waals surface area contributed by atoms with Crippen LogP contribution in [0.25, 0.3) is 11.2 Å². The Balaban J connectivity index is 2.75. The monoisotopic (exact) mass is 309 g/mol. The van der Waals surface area contributed by atoms with Gasteiger partial charge >= 0.3 is 5.69 Å². The van der Waals surface area contributed by atoms with Crippen LogP contribution in [0.1, 0.15) is 26.7 Å². The molecule has 122 valence electrons. The van der Waals surface area contributed by atoms with Gasteiger partial charge in [-0.25, -0.2) is 4.79 Å². The van der Waals surface area contributed by atoms with Crippen LogP contribution >= 0.6 is 0 Å². The van der Waals surface area contributed by atoms with Gasteiger partial charge < -0.3 is 15.0 Å². The van der Waals surface area contributed by atoms with Crippen LogP contribution < -0.4 is 16.6 Å². The van der Waals surface area contributed by atoms with E-state index in [2.05, 4.69) is 10.3 Å². The van der Waals surface area contributed by atoms with Gasteiger partial charge in [-0.2, -0.15) is 4.98 Å². The first-order chi connectivity index (χ1) is 10.6. The van der Waals surface area contributed by atoms with Gasteiger partial charge in [-0.1, -0.05) is 13.3 Å². The Morgan fingerprint density at radius 3 is 2.55 bits per heavy atom. The molecule has 2 aromatic rings. The minimum Gasteiger partial charge on any atom is -0.395 e. The molecule has 2 heterocycles. The number of unbranched alkanes of at least 4 members (excludes halogenated alkanes) is 1. The molecular formula is C14H23N5O3. The molecule has 0 fully saturated rings. The van der Waals surface area contributed by atoms with Gasteiger partial charge in [-0.15, -0.1) is 0 Å². The van der Waals surface area contributed by atoms with Crippen molar-refractivity contribution in [1.82, 2.24) is 18.7 Å². The number of imidazole rings is 1. The number of hydrogen-bond acceptors (Lipinski definition) is 5. The van der Waals surface area contributed by atoms with E-state index >= 15 is 0 Å². The Morgan fingerprint density at radius 1 is 1.23 bits per heavy atom. The summed E-state index contributed by atoms with van der Waals surface area (Å²) in [5.74, 6) is 0.472. The van der Waals surface area contributed by atoms with Crippen LogP contribution in [0, 0.1) is 0 Å². The molecule has 0 aliphatic rings. The number of aliphatic hydroxyl groups is 1. The quantitative estimate of drug-likeness (QED) is 0.758. The Morgan fingerprint density at radius 2 is 1.95 bits per heavy atom. The average molecular weight is 309 g/mol. The SMILES string of the molecule is CCCCn1c(=O)n(CC)c(=O)c2c1nc(NCCO)n2C.